The van der Waals surface area contributed by atoms with E-state index in [4.69, 9.17) is 4.74 Å². The Kier molecular flexibility index (Phi) is 4.18. The topological polar surface area (TPSA) is 74.4 Å². The number of carbonyl (C=O) groups excluding carboxylic acids is 1. The number of carbonyl (C=O) groups is 1. The molecule has 1 aromatic heterocycles. The standard InChI is InChI=1S/C17H12F2N2O4/c1-2-25-17(22)16-8-10-7-11(18)3-5-13(10)20(16)15-9-12(19)4-6-14(15)21(23)24/h3-9H,2H2,1H3. The minimum atomic E-state index is -0.752. The van der Waals surface area contributed by atoms with Crippen molar-refractivity contribution in [1.82, 2.24) is 4.57 Å². The van der Waals surface area contributed by atoms with Gasteiger partial charge < -0.3 is 4.74 Å². The fourth-order valence-corrected chi connectivity index (χ4v) is 2.63. The number of rotatable bonds is 4. The molecule has 0 N–H and O–H groups in total. The largest absolute Gasteiger partial charge is 0.461 e. The molecule has 0 spiro atoms. The summed E-state index contributed by atoms with van der Waals surface area (Å²) < 4.78 is 33.4. The number of hydrogen-bond donors (Lipinski definition) is 0. The number of nitro benzene ring substituents is 1. The lowest BCUT2D eigenvalue weighted by Gasteiger charge is -2.11. The summed E-state index contributed by atoms with van der Waals surface area (Å²) in [5.41, 5.74) is -0.280. The first-order valence-corrected chi connectivity index (χ1v) is 7.34. The molecule has 0 unspecified atom stereocenters. The summed E-state index contributed by atoms with van der Waals surface area (Å²) in [5, 5.41) is 11.7. The summed E-state index contributed by atoms with van der Waals surface area (Å²) >= 11 is 0. The number of fused-ring (bicyclic) bond motifs is 1. The van der Waals surface area contributed by atoms with Gasteiger partial charge in [-0.1, -0.05) is 0 Å². The van der Waals surface area contributed by atoms with Gasteiger partial charge in [0, 0.05) is 17.5 Å². The van der Waals surface area contributed by atoms with Crippen LogP contribution in [-0.2, 0) is 4.74 Å². The summed E-state index contributed by atoms with van der Waals surface area (Å²) in [5.74, 6) is -1.99. The molecule has 0 fully saturated rings. The molecule has 0 saturated carbocycles. The van der Waals surface area contributed by atoms with Crippen molar-refractivity contribution >= 4 is 22.6 Å². The fourth-order valence-electron chi connectivity index (χ4n) is 2.63. The molecule has 3 aromatic rings. The van der Waals surface area contributed by atoms with Crippen LogP contribution in [0.4, 0.5) is 14.5 Å². The van der Waals surface area contributed by atoms with E-state index in [1.165, 1.54) is 22.8 Å². The maximum atomic E-state index is 13.7. The normalized spacial score (nSPS) is 10.8. The molecule has 0 bridgehead atoms. The summed E-state index contributed by atoms with van der Waals surface area (Å²) in [6.07, 6.45) is 0. The van der Waals surface area contributed by atoms with Crippen molar-refractivity contribution < 1.29 is 23.2 Å². The third kappa shape index (κ3) is 2.93. The van der Waals surface area contributed by atoms with E-state index in [0.29, 0.717) is 10.9 Å². The number of ether oxygens (including phenoxy) is 1. The predicted molar refractivity (Wildman–Crippen MR) is 85.8 cm³/mol. The van der Waals surface area contributed by atoms with Crippen LogP contribution < -0.4 is 0 Å². The molecule has 25 heavy (non-hydrogen) atoms. The summed E-state index contributed by atoms with van der Waals surface area (Å²) in [6.45, 7) is 1.69. The molecule has 8 heteroatoms. The lowest BCUT2D eigenvalue weighted by molar-refractivity contribution is -0.384. The van der Waals surface area contributed by atoms with E-state index in [0.717, 1.165) is 24.3 Å². The van der Waals surface area contributed by atoms with Gasteiger partial charge in [0.25, 0.3) is 5.69 Å². The van der Waals surface area contributed by atoms with Gasteiger partial charge >= 0.3 is 5.97 Å². The Morgan fingerprint density at radius 3 is 2.52 bits per heavy atom. The van der Waals surface area contributed by atoms with Crippen molar-refractivity contribution in [1.29, 1.82) is 0 Å². The second-order valence-corrected chi connectivity index (χ2v) is 5.18. The second kappa shape index (κ2) is 6.31. The highest BCUT2D eigenvalue weighted by Gasteiger charge is 2.24. The van der Waals surface area contributed by atoms with Crippen LogP contribution in [0.3, 0.4) is 0 Å². The number of benzene rings is 2. The highest BCUT2D eigenvalue weighted by Crippen LogP contribution is 2.31. The zero-order chi connectivity index (χ0) is 18.1. The monoisotopic (exact) mass is 346 g/mol. The van der Waals surface area contributed by atoms with Crippen LogP contribution in [0, 0.1) is 21.7 Å². The van der Waals surface area contributed by atoms with Gasteiger partial charge in [-0.3, -0.25) is 14.7 Å². The first kappa shape index (κ1) is 16.6. The maximum Gasteiger partial charge on any atom is 0.355 e. The minimum absolute atomic E-state index is 0.0591. The fraction of sp³-hybridized carbons (Fsp3) is 0.118. The number of nitro groups is 1. The molecule has 3 rings (SSSR count). The number of aromatic nitrogens is 1. The Morgan fingerprint density at radius 2 is 1.84 bits per heavy atom. The first-order valence-electron chi connectivity index (χ1n) is 7.34. The first-order chi connectivity index (χ1) is 11.9. The third-order valence-corrected chi connectivity index (χ3v) is 3.62. The summed E-state index contributed by atoms with van der Waals surface area (Å²) in [7, 11) is 0. The van der Waals surface area contributed by atoms with Crippen molar-refractivity contribution in [2.45, 2.75) is 6.92 Å². The van der Waals surface area contributed by atoms with E-state index in [-0.39, 0.29) is 18.0 Å². The Balaban J connectivity index is 2.38. The van der Waals surface area contributed by atoms with Crippen LogP contribution in [0.5, 0.6) is 0 Å². The minimum Gasteiger partial charge on any atom is -0.461 e. The Morgan fingerprint density at radius 1 is 1.16 bits per heavy atom. The molecule has 0 radical (unpaired) electrons. The van der Waals surface area contributed by atoms with Crippen LogP contribution >= 0.6 is 0 Å². The Hall–Kier alpha value is -3.29. The summed E-state index contributed by atoms with van der Waals surface area (Å²) in [6, 6.07) is 7.96. The number of nitrogens with zero attached hydrogens (tertiary/aromatic N) is 2. The molecule has 0 atom stereocenters. The Labute approximate surface area is 140 Å². The van der Waals surface area contributed by atoms with E-state index in [1.807, 2.05) is 0 Å². The van der Waals surface area contributed by atoms with Crippen molar-refractivity contribution in [3.8, 4) is 5.69 Å². The van der Waals surface area contributed by atoms with Crippen molar-refractivity contribution in [2.24, 2.45) is 0 Å². The molecular weight excluding hydrogens is 334 g/mol. The average molecular weight is 346 g/mol. The molecule has 0 aliphatic heterocycles. The van der Waals surface area contributed by atoms with Crippen LogP contribution in [0.2, 0.25) is 0 Å². The molecule has 6 nitrogen and oxygen atoms in total. The van der Waals surface area contributed by atoms with Crippen LogP contribution in [-0.4, -0.2) is 22.1 Å². The average Bonchev–Trinajstić information content (AvgIpc) is 2.93. The van der Waals surface area contributed by atoms with Crippen molar-refractivity contribution in [2.75, 3.05) is 6.61 Å². The third-order valence-electron chi connectivity index (χ3n) is 3.62. The number of halogens is 2. The highest BCUT2D eigenvalue weighted by atomic mass is 19.1. The smallest absolute Gasteiger partial charge is 0.355 e. The van der Waals surface area contributed by atoms with E-state index in [9.17, 15) is 23.7 Å². The number of esters is 1. The lowest BCUT2D eigenvalue weighted by atomic mass is 10.2. The zero-order valence-electron chi connectivity index (χ0n) is 13.0. The van der Waals surface area contributed by atoms with Gasteiger partial charge in [-0.05, 0) is 37.3 Å². The van der Waals surface area contributed by atoms with Crippen molar-refractivity contribution in [3.63, 3.8) is 0 Å². The van der Waals surface area contributed by atoms with E-state index < -0.39 is 28.2 Å². The number of hydrogen-bond acceptors (Lipinski definition) is 4. The molecule has 0 aliphatic carbocycles. The zero-order valence-corrected chi connectivity index (χ0v) is 13.0. The van der Waals surface area contributed by atoms with Gasteiger partial charge in [0.15, 0.2) is 0 Å². The maximum absolute atomic E-state index is 13.7. The lowest BCUT2D eigenvalue weighted by Crippen LogP contribution is -2.12. The SMILES string of the molecule is CCOC(=O)c1cc2cc(F)ccc2n1-c1cc(F)ccc1[N+](=O)[O-]. The highest BCUT2D eigenvalue weighted by molar-refractivity contribution is 5.97. The van der Waals surface area contributed by atoms with E-state index in [2.05, 4.69) is 0 Å². The van der Waals surface area contributed by atoms with Crippen LogP contribution in [0.25, 0.3) is 16.6 Å². The second-order valence-electron chi connectivity index (χ2n) is 5.18. The summed E-state index contributed by atoms with van der Waals surface area (Å²) in [4.78, 5) is 22.9. The van der Waals surface area contributed by atoms with E-state index >= 15 is 0 Å². The molecular formula is C17H12F2N2O4. The van der Waals surface area contributed by atoms with Gasteiger partial charge in [-0.25, -0.2) is 13.6 Å². The van der Waals surface area contributed by atoms with Gasteiger partial charge in [0.05, 0.1) is 17.0 Å². The molecule has 0 saturated heterocycles. The predicted octanol–water partition coefficient (Wildman–Crippen LogP) is 3.99. The van der Waals surface area contributed by atoms with Gasteiger partial charge in [-0.2, -0.15) is 0 Å². The van der Waals surface area contributed by atoms with E-state index in [1.54, 1.807) is 6.92 Å². The Bertz CT molecular complexity index is 998. The van der Waals surface area contributed by atoms with Gasteiger partial charge in [0.1, 0.15) is 23.0 Å². The molecule has 0 amide bonds. The van der Waals surface area contributed by atoms with Gasteiger partial charge in [0.2, 0.25) is 0 Å². The quantitative estimate of drug-likeness (QED) is 0.407. The molecule has 2 aromatic carbocycles. The molecule has 1 heterocycles. The van der Waals surface area contributed by atoms with Crippen LogP contribution in [0.15, 0.2) is 42.5 Å². The van der Waals surface area contributed by atoms with Crippen LogP contribution in [0.1, 0.15) is 17.4 Å². The van der Waals surface area contributed by atoms with Gasteiger partial charge in [-0.15, -0.1) is 0 Å². The molecule has 128 valence electrons. The van der Waals surface area contributed by atoms with Crippen molar-refractivity contribution in [3.05, 3.63) is 69.9 Å². The molecule has 0 aliphatic rings.